The average Bonchev–Trinajstić information content (AvgIpc) is 2.64. The van der Waals surface area contributed by atoms with Gasteiger partial charge in [-0.1, -0.05) is 29.3 Å². The van der Waals surface area contributed by atoms with E-state index in [1.54, 1.807) is 6.07 Å². The summed E-state index contributed by atoms with van der Waals surface area (Å²) >= 11 is 12.0. The van der Waals surface area contributed by atoms with Crippen LogP contribution in [0.1, 0.15) is 0 Å². The van der Waals surface area contributed by atoms with Crippen LogP contribution in [0.2, 0.25) is 10.0 Å². The van der Waals surface area contributed by atoms with Gasteiger partial charge in [0.15, 0.2) is 0 Å². The van der Waals surface area contributed by atoms with Gasteiger partial charge in [-0.25, -0.2) is 13.4 Å². The number of aromatic nitrogens is 1. The summed E-state index contributed by atoms with van der Waals surface area (Å²) in [5, 5.41) is 10.9. The second-order valence-corrected chi connectivity index (χ2v) is 8.27. The number of anilines is 1. The predicted molar refractivity (Wildman–Crippen MR) is 98.3 cm³/mol. The molecule has 0 atom stereocenters. The first-order valence-electron chi connectivity index (χ1n) is 7.60. The molecule has 1 fully saturated rings. The standard InChI is InChI=1S/C15H14Cl2N4O4S/c16-12-2-1-3-13(15(12)17)26(24,25)20-8-6-19(7-9-20)14-5-4-11(10-18-14)21(22)23/h1-5,10H,6-9H2. The zero-order chi connectivity index (χ0) is 18.9. The van der Waals surface area contributed by atoms with E-state index in [4.69, 9.17) is 23.2 Å². The Hall–Kier alpha value is -1.94. The molecule has 3 rings (SSSR count). The van der Waals surface area contributed by atoms with E-state index < -0.39 is 14.9 Å². The molecule has 0 bridgehead atoms. The van der Waals surface area contributed by atoms with Crippen LogP contribution >= 0.6 is 23.2 Å². The maximum Gasteiger partial charge on any atom is 0.287 e. The van der Waals surface area contributed by atoms with Crippen LogP contribution in [0.15, 0.2) is 41.4 Å². The van der Waals surface area contributed by atoms with Crippen molar-refractivity contribution >= 4 is 44.7 Å². The summed E-state index contributed by atoms with van der Waals surface area (Å²) in [5.41, 5.74) is -0.0921. The van der Waals surface area contributed by atoms with Crippen molar-refractivity contribution in [2.75, 3.05) is 31.1 Å². The molecule has 2 heterocycles. The predicted octanol–water partition coefficient (Wildman–Crippen LogP) is 2.81. The fourth-order valence-electron chi connectivity index (χ4n) is 2.65. The Morgan fingerprint density at radius 1 is 1.08 bits per heavy atom. The van der Waals surface area contributed by atoms with Gasteiger partial charge in [0.2, 0.25) is 10.0 Å². The molecule has 0 aliphatic carbocycles. The molecule has 0 radical (unpaired) electrons. The molecule has 138 valence electrons. The zero-order valence-electron chi connectivity index (χ0n) is 13.4. The number of rotatable bonds is 4. The van der Waals surface area contributed by atoms with Gasteiger partial charge in [0.05, 0.1) is 15.0 Å². The quantitative estimate of drug-likeness (QED) is 0.561. The largest absolute Gasteiger partial charge is 0.354 e. The Kier molecular flexibility index (Phi) is 5.33. The zero-order valence-corrected chi connectivity index (χ0v) is 15.7. The van der Waals surface area contributed by atoms with Gasteiger partial charge in [-0.15, -0.1) is 0 Å². The van der Waals surface area contributed by atoms with Crippen LogP contribution < -0.4 is 4.90 Å². The van der Waals surface area contributed by atoms with E-state index in [2.05, 4.69) is 4.98 Å². The lowest BCUT2D eigenvalue weighted by molar-refractivity contribution is -0.385. The molecular weight excluding hydrogens is 403 g/mol. The molecule has 1 aromatic carbocycles. The first-order chi connectivity index (χ1) is 12.3. The Balaban J connectivity index is 1.73. The molecule has 8 nitrogen and oxygen atoms in total. The topological polar surface area (TPSA) is 96.6 Å². The molecule has 1 aromatic heterocycles. The van der Waals surface area contributed by atoms with E-state index in [-0.39, 0.29) is 33.7 Å². The highest BCUT2D eigenvalue weighted by Crippen LogP contribution is 2.31. The number of nitro groups is 1. The highest BCUT2D eigenvalue weighted by atomic mass is 35.5. The van der Waals surface area contributed by atoms with Crippen LogP contribution in [0.25, 0.3) is 0 Å². The van der Waals surface area contributed by atoms with Gasteiger partial charge in [0, 0.05) is 32.2 Å². The van der Waals surface area contributed by atoms with Crippen LogP contribution in [0.3, 0.4) is 0 Å². The second-order valence-electron chi connectivity index (χ2n) is 5.57. The number of benzene rings is 1. The number of hydrogen-bond donors (Lipinski definition) is 0. The molecule has 11 heteroatoms. The third-order valence-corrected chi connectivity index (χ3v) is 6.91. The van der Waals surface area contributed by atoms with Gasteiger partial charge in [0.25, 0.3) is 5.69 Å². The molecule has 0 unspecified atom stereocenters. The van der Waals surface area contributed by atoms with Crippen LogP contribution in [0, 0.1) is 10.1 Å². The lowest BCUT2D eigenvalue weighted by atomic mass is 10.3. The van der Waals surface area contributed by atoms with Gasteiger partial charge in [-0.2, -0.15) is 4.31 Å². The van der Waals surface area contributed by atoms with E-state index >= 15 is 0 Å². The van der Waals surface area contributed by atoms with Crippen molar-refractivity contribution in [2.24, 2.45) is 0 Å². The van der Waals surface area contributed by atoms with Crippen molar-refractivity contribution in [3.63, 3.8) is 0 Å². The lowest BCUT2D eigenvalue weighted by Gasteiger charge is -2.34. The highest BCUT2D eigenvalue weighted by Gasteiger charge is 2.31. The van der Waals surface area contributed by atoms with Gasteiger partial charge >= 0.3 is 0 Å². The van der Waals surface area contributed by atoms with Crippen molar-refractivity contribution in [3.8, 4) is 0 Å². The van der Waals surface area contributed by atoms with Gasteiger partial charge in [-0.05, 0) is 18.2 Å². The van der Waals surface area contributed by atoms with Crippen molar-refractivity contribution in [1.82, 2.24) is 9.29 Å². The fraction of sp³-hybridized carbons (Fsp3) is 0.267. The minimum Gasteiger partial charge on any atom is -0.354 e. The highest BCUT2D eigenvalue weighted by molar-refractivity contribution is 7.89. The Morgan fingerprint density at radius 2 is 1.77 bits per heavy atom. The fourth-order valence-corrected chi connectivity index (χ4v) is 4.81. The number of pyridine rings is 1. The van der Waals surface area contributed by atoms with Crippen molar-refractivity contribution < 1.29 is 13.3 Å². The SMILES string of the molecule is O=[N+]([O-])c1ccc(N2CCN(S(=O)(=O)c3cccc(Cl)c3Cl)CC2)nc1. The molecule has 1 aliphatic rings. The molecule has 1 saturated heterocycles. The van der Waals surface area contributed by atoms with Gasteiger partial charge < -0.3 is 4.90 Å². The first kappa shape index (κ1) is 18.8. The molecular formula is C15H14Cl2N4O4S. The molecule has 0 N–H and O–H groups in total. The summed E-state index contributed by atoms with van der Waals surface area (Å²) in [6.45, 7) is 1.29. The second kappa shape index (κ2) is 7.36. The normalized spacial score (nSPS) is 15.8. The van der Waals surface area contributed by atoms with Gasteiger partial charge in [0.1, 0.15) is 16.9 Å². The molecule has 26 heavy (non-hydrogen) atoms. The van der Waals surface area contributed by atoms with E-state index in [0.717, 1.165) is 0 Å². The lowest BCUT2D eigenvalue weighted by Crippen LogP contribution is -2.49. The van der Waals surface area contributed by atoms with Crippen LogP contribution in [0.5, 0.6) is 0 Å². The van der Waals surface area contributed by atoms with Crippen LogP contribution in [0.4, 0.5) is 11.5 Å². The van der Waals surface area contributed by atoms with E-state index in [0.29, 0.717) is 18.9 Å². The van der Waals surface area contributed by atoms with E-state index in [1.165, 1.54) is 34.8 Å². The van der Waals surface area contributed by atoms with Crippen LogP contribution in [-0.4, -0.2) is 48.8 Å². The number of halogens is 2. The smallest absolute Gasteiger partial charge is 0.287 e. The first-order valence-corrected chi connectivity index (χ1v) is 9.80. The number of nitrogens with zero attached hydrogens (tertiary/aromatic N) is 4. The molecule has 0 amide bonds. The monoisotopic (exact) mass is 416 g/mol. The maximum absolute atomic E-state index is 12.8. The summed E-state index contributed by atoms with van der Waals surface area (Å²) in [7, 11) is -3.76. The Bertz CT molecular complexity index is 929. The summed E-state index contributed by atoms with van der Waals surface area (Å²) in [4.78, 5) is 16.1. The average molecular weight is 417 g/mol. The molecule has 0 spiro atoms. The molecule has 2 aromatic rings. The maximum atomic E-state index is 12.8. The number of hydrogen-bond acceptors (Lipinski definition) is 6. The van der Waals surface area contributed by atoms with Crippen molar-refractivity contribution in [2.45, 2.75) is 4.90 Å². The number of sulfonamides is 1. The molecule has 0 saturated carbocycles. The molecule has 1 aliphatic heterocycles. The summed E-state index contributed by atoms with van der Waals surface area (Å²) in [6, 6.07) is 7.42. The van der Waals surface area contributed by atoms with E-state index in [1.807, 2.05) is 4.90 Å². The summed E-state index contributed by atoms with van der Waals surface area (Å²) in [6.07, 6.45) is 1.18. The number of piperazine rings is 1. The Labute approximate surface area is 160 Å². The van der Waals surface area contributed by atoms with Crippen molar-refractivity contribution in [3.05, 3.63) is 56.7 Å². The van der Waals surface area contributed by atoms with Gasteiger partial charge in [-0.3, -0.25) is 10.1 Å². The van der Waals surface area contributed by atoms with Crippen molar-refractivity contribution in [1.29, 1.82) is 0 Å². The minimum absolute atomic E-state index is 0.00799. The third kappa shape index (κ3) is 3.61. The summed E-state index contributed by atoms with van der Waals surface area (Å²) in [5.74, 6) is 0.563. The summed E-state index contributed by atoms with van der Waals surface area (Å²) < 4.78 is 26.9. The van der Waals surface area contributed by atoms with Crippen LogP contribution in [-0.2, 0) is 10.0 Å². The third-order valence-electron chi connectivity index (χ3n) is 4.04. The minimum atomic E-state index is -3.76. The Morgan fingerprint density at radius 3 is 2.35 bits per heavy atom. The van der Waals surface area contributed by atoms with E-state index in [9.17, 15) is 18.5 Å².